The van der Waals surface area contributed by atoms with Gasteiger partial charge in [0.15, 0.2) is 0 Å². The van der Waals surface area contributed by atoms with Crippen LogP contribution in [0.5, 0.6) is 0 Å². The summed E-state index contributed by atoms with van der Waals surface area (Å²) in [5.74, 6) is 0.690. The summed E-state index contributed by atoms with van der Waals surface area (Å²) < 4.78 is 5.52. The van der Waals surface area contributed by atoms with E-state index < -0.39 is 0 Å². The lowest BCUT2D eigenvalue weighted by atomic mass is 9.93. The van der Waals surface area contributed by atoms with E-state index in [0.29, 0.717) is 24.5 Å². The number of likely N-dealkylation sites (tertiary alicyclic amines) is 1. The quantitative estimate of drug-likeness (QED) is 0.545. The zero-order valence-corrected chi connectivity index (χ0v) is 19.9. The Morgan fingerprint density at radius 2 is 1.88 bits per heavy atom. The number of rotatable bonds is 7. The zero-order valence-electron chi connectivity index (χ0n) is 19.1. The molecule has 2 aliphatic rings. The van der Waals surface area contributed by atoms with Crippen LogP contribution >= 0.6 is 11.3 Å². The maximum absolute atomic E-state index is 9.84. The van der Waals surface area contributed by atoms with E-state index in [-0.39, 0.29) is 6.10 Å². The smallest absolute Gasteiger partial charge is 0.223 e. The maximum Gasteiger partial charge on any atom is 0.223 e. The zero-order chi connectivity index (χ0) is 22.6. The minimum atomic E-state index is -0.173. The molecule has 0 bridgehead atoms. The summed E-state index contributed by atoms with van der Waals surface area (Å²) in [7, 11) is 1.80. The fourth-order valence-electron chi connectivity index (χ4n) is 4.77. The molecule has 0 atom stereocenters. The number of methoxy groups -OCH3 is 1. The van der Waals surface area contributed by atoms with Gasteiger partial charge in [-0.05, 0) is 56.7 Å². The van der Waals surface area contributed by atoms with Crippen LogP contribution in [-0.2, 0) is 17.7 Å². The van der Waals surface area contributed by atoms with E-state index in [1.807, 2.05) is 18.3 Å². The summed E-state index contributed by atoms with van der Waals surface area (Å²) >= 11 is 1.62. The van der Waals surface area contributed by atoms with E-state index in [1.54, 1.807) is 18.4 Å². The number of ether oxygens (including phenoxy) is 1. The molecule has 3 aromatic heterocycles. The summed E-state index contributed by atoms with van der Waals surface area (Å²) in [6.45, 7) is 2.85. The minimum absolute atomic E-state index is 0.173. The fraction of sp³-hybridized carbons (Fsp3) is 0.583. The molecule has 0 amide bonds. The first kappa shape index (κ1) is 22.6. The third kappa shape index (κ3) is 5.84. The second kappa shape index (κ2) is 10.4. The number of hydrogen-bond donors (Lipinski definition) is 2. The maximum atomic E-state index is 9.84. The van der Waals surface area contributed by atoms with E-state index >= 15 is 0 Å². The number of nitrogens with one attached hydrogen (secondary N) is 1. The SMILES string of the molecule is COC1CCN(Cc2cc(Cc3nc4cccnc4s3)nc(NC3CCC(O)CC3)n2)CC1. The van der Waals surface area contributed by atoms with Crippen molar-refractivity contribution in [2.24, 2.45) is 0 Å². The highest BCUT2D eigenvalue weighted by atomic mass is 32.1. The van der Waals surface area contributed by atoms with Crippen molar-refractivity contribution in [3.05, 3.63) is 40.8 Å². The Balaban J connectivity index is 1.34. The largest absolute Gasteiger partial charge is 0.393 e. The first-order valence-corrected chi connectivity index (χ1v) is 12.7. The number of nitrogens with zero attached hydrogens (tertiary/aromatic N) is 5. The van der Waals surface area contributed by atoms with E-state index in [0.717, 1.165) is 84.9 Å². The van der Waals surface area contributed by atoms with E-state index in [9.17, 15) is 5.11 Å². The van der Waals surface area contributed by atoms with Crippen molar-refractivity contribution >= 4 is 27.6 Å². The Bertz CT molecular complexity index is 1030. The van der Waals surface area contributed by atoms with E-state index in [2.05, 4.69) is 21.3 Å². The van der Waals surface area contributed by atoms with Gasteiger partial charge in [-0.15, -0.1) is 0 Å². The van der Waals surface area contributed by atoms with Gasteiger partial charge in [0.25, 0.3) is 0 Å². The number of aliphatic hydroxyl groups is 1. The molecule has 1 saturated heterocycles. The van der Waals surface area contributed by atoms with Crippen molar-refractivity contribution in [1.82, 2.24) is 24.8 Å². The summed E-state index contributed by atoms with van der Waals surface area (Å²) in [5, 5.41) is 14.4. The van der Waals surface area contributed by atoms with Crippen LogP contribution in [0.15, 0.2) is 24.4 Å². The lowest BCUT2D eigenvalue weighted by Gasteiger charge is -2.31. The number of piperidine rings is 1. The van der Waals surface area contributed by atoms with Crippen LogP contribution in [0.1, 0.15) is 54.9 Å². The molecule has 1 aliphatic heterocycles. The molecule has 1 saturated carbocycles. The number of fused-ring (bicyclic) bond motifs is 1. The van der Waals surface area contributed by atoms with Crippen LogP contribution < -0.4 is 5.32 Å². The monoisotopic (exact) mass is 468 g/mol. The predicted octanol–water partition coefficient (Wildman–Crippen LogP) is 3.40. The van der Waals surface area contributed by atoms with E-state index in [4.69, 9.17) is 19.7 Å². The van der Waals surface area contributed by atoms with E-state index in [1.165, 1.54) is 0 Å². The van der Waals surface area contributed by atoms with Crippen molar-refractivity contribution in [2.75, 3.05) is 25.5 Å². The van der Waals surface area contributed by atoms with Crippen LogP contribution in [0, 0.1) is 0 Å². The first-order valence-electron chi connectivity index (χ1n) is 11.9. The summed E-state index contributed by atoms with van der Waals surface area (Å²) in [6.07, 6.45) is 8.34. The molecule has 0 aromatic carbocycles. The number of thiazole rings is 1. The third-order valence-corrected chi connectivity index (χ3v) is 7.64. The number of hydrogen-bond acceptors (Lipinski definition) is 9. The van der Waals surface area contributed by atoms with Gasteiger partial charge in [-0.3, -0.25) is 4.90 Å². The van der Waals surface area contributed by atoms with Gasteiger partial charge in [0.05, 0.1) is 23.6 Å². The molecular formula is C24H32N6O2S. The number of aromatic nitrogens is 4. The molecule has 176 valence electrons. The standard InChI is InChI=1S/C24H32N6O2S/c1-32-20-8-11-30(12-9-20)15-18-13-17(14-22-29-21-3-2-10-25-23(21)33-22)27-24(28-18)26-16-4-6-19(31)7-5-16/h2-3,10,13,16,19-20,31H,4-9,11-12,14-15H2,1H3,(H,26,27,28). The average Bonchev–Trinajstić information content (AvgIpc) is 3.23. The van der Waals surface area contributed by atoms with Gasteiger partial charge in [-0.25, -0.2) is 19.9 Å². The molecule has 0 radical (unpaired) electrons. The second-order valence-electron chi connectivity index (χ2n) is 9.15. The van der Waals surface area contributed by atoms with Crippen LogP contribution in [0.4, 0.5) is 5.95 Å². The van der Waals surface area contributed by atoms with Crippen LogP contribution in [-0.4, -0.2) is 68.4 Å². The van der Waals surface area contributed by atoms with Gasteiger partial charge in [0, 0.05) is 45.4 Å². The molecular weight excluding hydrogens is 436 g/mol. The summed E-state index contributed by atoms with van der Waals surface area (Å²) in [5.41, 5.74) is 2.95. The van der Waals surface area contributed by atoms with Gasteiger partial charge in [-0.2, -0.15) is 0 Å². The predicted molar refractivity (Wildman–Crippen MR) is 129 cm³/mol. The second-order valence-corrected chi connectivity index (χ2v) is 10.2. The molecule has 0 unspecified atom stereocenters. The number of anilines is 1. The highest BCUT2D eigenvalue weighted by Gasteiger charge is 2.22. The molecule has 3 aromatic rings. The van der Waals surface area contributed by atoms with Gasteiger partial charge in [0.2, 0.25) is 5.95 Å². The first-order chi connectivity index (χ1) is 16.1. The normalized spacial score (nSPS) is 22.6. The minimum Gasteiger partial charge on any atom is -0.393 e. The molecule has 33 heavy (non-hydrogen) atoms. The Morgan fingerprint density at radius 3 is 2.64 bits per heavy atom. The molecule has 4 heterocycles. The highest BCUT2D eigenvalue weighted by molar-refractivity contribution is 7.18. The number of aliphatic hydroxyl groups excluding tert-OH is 1. The molecule has 9 heteroatoms. The summed E-state index contributed by atoms with van der Waals surface area (Å²) in [4.78, 5) is 22.3. The third-order valence-electron chi connectivity index (χ3n) is 6.66. The van der Waals surface area contributed by atoms with Gasteiger partial charge < -0.3 is 15.2 Å². The Hall–Kier alpha value is -2.20. The van der Waals surface area contributed by atoms with Crippen LogP contribution in [0.25, 0.3) is 10.3 Å². The van der Waals surface area contributed by atoms with Crippen molar-refractivity contribution in [3.63, 3.8) is 0 Å². The highest BCUT2D eigenvalue weighted by Crippen LogP contribution is 2.24. The topological polar surface area (TPSA) is 96.3 Å². The number of pyridine rings is 1. The molecule has 2 N–H and O–H groups in total. The van der Waals surface area contributed by atoms with Crippen LogP contribution in [0.2, 0.25) is 0 Å². The van der Waals surface area contributed by atoms with Gasteiger partial charge in [0.1, 0.15) is 15.4 Å². The molecule has 2 fully saturated rings. The summed E-state index contributed by atoms with van der Waals surface area (Å²) in [6, 6.07) is 6.35. The fourth-order valence-corrected chi connectivity index (χ4v) is 5.69. The van der Waals surface area contributed by atoms with Gasteiger partial charge in [-0.1, -0.05) is 11.3 Å². The Labute approximate surface area is 198 Å². The van der Waals surface area contributed by atoms with Crippen LogP contribution in [0.3, 0.4) is 0 Å². The van der Waals surface area contributed by atoms with Crippen molar-refractivity contribution in [3.8, 4) is 0 Å². The molecule has 1 aliphatic carbocycles. The molecule has 0 spiro atoms. The molecule has 8 nitrogen and oxygen atoms in total. The van der Waals surface area contributed by atoms with Crippen molar-refractivity contribution in [1.29, 1.82) is 0 Å². The average molecular weight is 469 g/mol. The Morgan fingerprint density at radius 1 is 1.09 bits per heavy atom. The van der Waals surface area contributed by atoms with Crippen molar-refractivity contribution < 1.29 is 9.84 Å². The lowest BCUT2D eigenvalue weighted by molar-refractivity contribution is 0.0385. The van der Waals surface area contributed by atoms with Gasteiger partial charge >= 0.3 is 0 Å². The Kier molecular flexibility index (Phi) is 7.10. The lowest BCUT2D eigenvalue weighted by Crippen LogP contribution is -2.36. The van der Waals surface area contributed by atoms with Crippen molar-refractivity contribution in [2.45, 2.75) is 69.7 Å². The molecule has 5 rings (SSSR count).